The van der Waals surface area contributed by atoms with E-state index in [2.05, 4.69) is 44.3 Å². The molecule has 2 aromatic rings. The molecule has 1 saturated heterocycles. The van der Waals surface area contributed by atoms with Gasteiger partial charge < -0.3 is 19.3 Å². The van der Waals surface area contributed by atoms with Crippen molar-refractivity contribution < 1.29 is 32.4 Å². The normalized spacial score (nSPS) is 19.5. The summed E-state index contributed by atoms with van der Waals surface area (Å²) in [5.41, 5.74) is 1.62. The summed E-state index contributed by atoms with van der Waals surface area (Å²) in [6, 6.07) is 8.67. The third-order valence-corrected chi connectivity index (χ3v) is 12.0. The minimum atomic E-state index is -1.93. The van der Waals surface area contributed by atoms with Gasteiger partial charge in [0, 0.05) is 30.0 Å². The van der Waals surface area contributed by atoms with Gasteiger partial charge in [0.1, 0.15) is 17.7 Å². The van der Waals surface area contributed by atoms with Crippen LogP contribution in [0.15, 0.2) is 41.6 Å². The highest BCUT2D eigenvalue weighted by atomic mass is 28.4. The summed E-state index contributed by atoms with van der Waals surface area (Å²) in [6.07, 6.45) is -0.932. The molecule has 0 bridgehead atoms. The minimum absolute atomic E-state index is 0.0652. The monoisotopic (exact) mass is 559 g/mol. The first-order chi connectivity index (χ1) is 18.2. The molecule has 210 valence electrons. The lowest BCUT2D eigenvalue weighted by molar-refractivity contribution is -0.119. The van der Waals surface area contributed by atoms with Crippen LogP contribution in [0.1, 0.15) is 39.7 Å². The van der Waals surface area contributed by atoms with Gasteiger partial charge in [-0.05, 0) is 42.4 Å². The minimum Gasteiger partial charge on any atom is -0.442 e. The SMILES string of the molecule is CC(=O)NC[C@H]1CN(c2ccc(-c3ccc(C4=NOC(CO[Si](C)(C)C(C)(C)C)C4)cc3F)c(F)c2)C(=O)O1. The molecule has 8 nitrogen and oxygen atoms in total. The molecular formula is C28H35F2N3O5Si. The number of nitrogens with zero attached hydrogens (tertiary/aromatic N) is 2. The molecule has 2 aliphatic heterocycles. The number of hydrogen-bond acceptors (Lipinski definition) is 6. The van der Waals surface area contributed by atoms with E-state index in [9.17, 15) is 9.59 Å². The van der Waals surface area contributed by atoms with Crippen LogP contribution < -0.4 is 10.2 Å². The average Bonchev–Trinajstić information content (AvgIpc) is 3.47. The van der Waals surface area contributed by atoms with E-state index < -0.39 is 32.1 Å². The summed E-state index contributed by atoms with van der Waals surface area (Å²) in [6.45, 7) is 13.0. The van der Waals surface area contributed by atoms with Crippen molar-refractivity contribution in [3.8, 4) is 11.1 Å². The van der Waals surface area contributed by atoms with Gasteiger partial charge in [0.25, 0.3) is 0 Å². The molecule has 2 amide bonds. The molecule has 2 aliphatic rings. The van der Waals surface area contributed by atoms with E-state index in [1.165, 1.54) is 42.2 Å². The fourth-order valence-electron chi connectivity index (χ4n) is 4.11. The molecular weight excluding hydrogens is 524 g/mol. The standard InChI is InChI=1S/C28H35F2N3O5Si/c1-17(34)31-14-21-15-33(27(35)37-21)19-8-10-23(25(30)12-19)22-9-7-18(11-24(22)29)26-13-20(38-32-26)16-36-39(5,6)28(2,3)4/h7-12,20-21H,13-16H2,1-6H3,(H,31,34)/t20?,21-/m0/s1. The number of nitrogens with one attached hydrogen (secondary N) is 1. The van der Waals surface area contributed by atoms with Gasteiger partial charge in [-0.2, -0.15) is 0 Å². The lowest BCUT2D eigenvalue weighted by atomic mass is 9.99. The smallest absolute Gasteiger partial charge is 0.414 e. The predicted molar refractivity (Wildman–Crippen MR) is 147 cm³/mol. The first kappa shape index (κ1) is 28.7. The highest BCUT2D eigenvalue weighted by molar-refractivity contribution is 6.74. The maximum absolute atomic E-state index is 15.2. The van der Waals surface area contributed by atoms with Gasteiger partial charge in [0.15, 0.2) is 14.4 Å². The van der Waals surface area contributed by atoms with Gasteiger partial charge in [-0.3, -0.25) is 9.69 Å². The Morgan fingerprint density at radius 1 is 1.13 bits per heavy atom. The van der Waals surface area contributed by atoms with E-state index in [0.717, 1.165) is 0 Å². The first-order valence-electron chi connectivity index (χ1n) is 12.9. The summed E-state index contributed by atoms with van der Waals surface area (Å²) in [4.78, 5) is 30.2. The van der Waals surface area contributed by atoms with Gasteiger partial charge in [0.2, 0.25) is 5.91 Å². The molecule has 39 heavy (non-hydrogen) atoms. The molecule has 0 saturated carbocycles. The van der Waals surface area contributed by atoms with Gasteiger partial charge in [-0.25, -0.2) is 13.6 Å². The van der Waals surface area contributed by atoms with E-state index in [4.69, 9.17) is 14.0 Å². The summed E-state index contributed by atoms with van der Waals surface area (Å²) >= 11 is 0. The zero-order valence-electron chi connectivity index (χ0n) is 23.1. The number of cyclic esters (lactones) is 1. The largest absolute Gasteiger partial charge is 0.442 e. The van der Waals surface area contributed by atoms with Crippen LogP contribution in [0, 0.1) is 11.6 Å². The Labute approximate surface area is 228 Å². The van der Waals surface area contributed by atoms with E-state index in [-0.39, 0.29) is 47.0 Å². The van der Waals surface area contributed by atoms with E-state index in [0.29, 0.717) is 24.3 Å². The number of ether oxygens (including phenoxy) is 1. The first-order valence-corrected chi connectivity index (χ1v) is 15.8. The molecule has 4 rings (SSSR count). The summed E-state index contributed by atoms with van der Waals surface area (Å²) in [5, 5.41) is 6.81. The summed E-state index contributed by atoms with van der Waals surface area (Å²) < 4.78 is 41.7. The second-order valence-electron chi connectivity index (χ2n) is 11.5. The average molecular weight is 560 g/mol. The third-order valence-electron chi connectivity index (χ3n) is 7.48. The molecule has 11 heteroatoms. The third kappa shape index (κ3) is 6.47. The highest BCUT2D eigenvalue weighted by Gasteiger charge is 2.38. The number of carbonyl (C=O) groups excluding carboxylic acids is 2. The summed E-state index contributed by atoms with van der Waals surface area (Å²) in [7, 11) is -1.93. The van der Waals surface area contributed by atoms with Crippen LogP contribution in [0.3, 0.4) is 0 Å². The number of anilines is 1. The number of amides is 2. The Bertz CT molecular complexity index is 1290. The molecule has 1 unspecified atom stereocenters. The topological polar surface area (TPSA) is 89.5 Å². The van der Waals surface area contributed by atoms with Crippen molar-refractivity contribution in [2.24, 2.45) is 5.16 Å². The molecule has 0 radical (unpaired) electrons. The van der Waals surface area contributed by atoms with E-state index >= 15 is 8.78 Å². The predicted octanol–water partition coefficient (Wildman–Crippen LogP) is 5.61. The van der Waals surface area contributed by atoms with Gasteiger partial charge in [-0.15, -0.1) is 0 Å². The van der Waals surface area contributed by atoms with E-state index in [1.54, 1.807) is 6.07 Å². The van der Waals surface area contributed by atoms with Crippen LogP contribution >= 0.6 is 0 Å². The quantitative estimate of drug-likeness (QED) is 0.425. The second-order valence-corrected chi connectivity index (χ2v) is 16.3. The number of halogens is 2. The number of rotatable bonds is 8. The number of hydrogen-bond donors (Lipinski definition) is 1. The van der Waals surface area contributed by atoms with Crippen molar-refractivity contribution >= 4 is 31.7 Å². The Hall–Kier alpha value is -3.31. The Morgan fingerprint density at radius 2 is 1.79 bits per heavy atom. The molecule has 2 aromatic carbocycles. The van der Waals surface area contributed by atoms with Crippen molar-refractivity contribution in [1.29, 1.82) is 0 Å². The van der Waals surface area contributed by atoms with Crippen molar-refractivity contribution in [2.45, 2.75) is 64.5 Å². The molecule has 2 atom stereocenters. The molecule has 1 N–H and O–H groups in total. The Kier molecular flexibility index (Phi) is 8.13. The Balaban J connectivity index is 1.42. The summed E-state index contributed by atoms with van der Waals surface area (Å²) in [5.74, 6) is -1.52. The lowest BCUT2D eigenvalue weighted by Crippen LogP contribution is -2.42. The number of carbonyl (C=O) groups is 2. The van der Waals surface area contributed by atoms with Gasteiger partial charge in [-0.1, -0.05) is 38.1 Å². The van der Waals surface area contributed by atoms with Gasteiger partial charge >= 0.3 is 6.09 Å². The maximum atomic E-state index is 15.2. The van der Waals surface area contributed by atoms with Crippen molar-refractivity contribution in [3.63, 3.8) is 0 Å². The van der Waals surface area contributed by atoms with Gasteiger partial charge in [0.05, 0.1) is 31.1 Å². The van der Waals surface area contributed by atoms with Crippen molar-refractivity contribution in [3.05, 3.63) is 53.6 Å². The fraction of sp³-hybridized carbons (Fsp3) is 0.464. The van der Waals surface area contributed by atoms with Crippen LogP contribution in [0.5, 0.6) is 0 Å². The van der Waals surface area contributed by atoms with Crippen LogP contribution in [-0.2, 0) is 18.8 Å². The zero-order valence-corrected chi connectivity index (χ0v) is 24.1. The van der Waals surface area contributed by atoms with Crippen LogP contribution in [0.2, 0.25) is 18.1 Å². The zero-order chi connectivity index (χ0) is 28.5. The number of benzene rings is 2. The second kappa shape index (κ2) is 11.0. The van der Waals surface area contributed by atoms with Crippen LogP contribution in [-0.4, -0.2) is 57.9 Å². The van der Waals surface area contributed by atoms with E-state index in [1.807, 2.05) is 0 Å². The molecule has 2 heterocycles. The number of oxime groups is 1. The molecule has 1 fully saturated rings. The highest BCUT2D eigenvalue weighted by Crippen LogP contribution is 2.37. The molecule has 0 spiro atoms. The van der Waals surface area contributed by atoms with Crippen molar-refractivity contribution in [1.82, 2.24) is 5.32 Å². The lowest BCUT2D eigenvalue weighted by Gasteiger charge is -2.36. The van der Waals surface area contributed by atoms with Crippen LogP contribution in [0.4, 0.5) is 19.3 Å². The fourth-order valence-corrected chi connectivity index (χ4v) is 5.14. The van der Waals surface area contributed by atoms with Crippen LogP contribution in [0.25, 0.3) is 11.1 Å². The Morgan fingerprint density at radius 3 is 2.41 bits per heavy atom. The van der Waals surface area contributed by atoms with Crippen molar-refractivity contribution in [2.75, 3.05) is 24.6 Å². The maximum Gasteiger partial charge on any atom is 0.414 e. The molecule has 0 aromatic heterocycles. The molecule has 0 aliphatic carbocycles.